The lowest BCUT2D eigenvalue weighted by Gasteiger charge is -2.27. The zero-order chi connectivity index (χ0) is 15.4. The van der Waals surface area contributed by atoms with E-state index in [0.29, 0.717) is 17.5 Å². The van der Waals surface area contributed by atoms with Crippen molar-refractivity contribution in [2.75, 3.05) is 23.8 Å². The van der Waals surface area contributed by atoms with Crippen LogP contribution in [0.3, 0.4) is 0 Å². The van der Waals surface area contributed by atoms with E-state index >= 15 is 0 Å². The summed E-state index contributed by atoms with van der Waals surface area (Å²) < 4.78 is 14.0. The highest BCUT2D eigenvalue weighted by molar-refractivity contribution is 6.31. The highest BCUT2D eigenvalue weighted by Gasteiger charge is 2.19. The van der Waals surface area contributed by atoms with Crippen LogP contribution in [0.15, 0.2) is 30.5 Å². The molecule has 1 N–H and O–H groups in total. The van der Waals surface area contributed by atoms with Gasteiger partial charge in [0.05, 0.1) is 12.2 Å². The molecule has 6 heteroatoms. The van der Waals surface area contributed by atoms with Gasteiger partial charge in [0.1, 0.15) is 0 Å². The molecule has 112 valence electrons. The fraction of sp³-hybridized carbons (Fsp3) is 0.333. The monoisotopic (exact) mass is 308 g/mol. The van der Waals surface area contributed by atoms with E-state index in [0.717, 1.165) is 5.56 Å². The van der Waals surface area contributed by atoms with Crippen LogP contribution in [0.5, 0.6) is 0 Å². The van der Waals surface area contributed by atoms with E-state index < -0.39 is 5.82 Å². The molecule has 0 aliphatic rings. The highest BCUT2D eigenvalue weighted by Crippen LogP contribution is 2.30. The summed E-state index contributed by atoms with van der Waals surface area (Å²) in [5.41, 5.74) is 0.921. The zero-order valence-corrected chi connectivity index (χ0v) is 13.0. The summed E-state index contributed by atoms with van der Waals surface area (Å²) in [6.45, 7) is 4.56. The lowest BCUT2D eigenvalue weighted by atomic mass is 10.1. The summed E-state index contributed by atoms with van der Waals surface area (Å²) in [4.78, 5) is 9.88. The van der Waals surface area contributed by atoms with Crippen LogP contribution in [0.2, 0.25) is 5.02 Å². The molecular weight excluding hydrogens is 291 g/mol. The molecule has 0 amide bonds. The first kappa shape index (κ1) is 15.5. The molecule has 2 rings (SSSR count). The number of rotatable bonds is 5. The molecule has 0 aliphatic heterocycles. The fourth-order valence-corrected chi connectivity index (χ4v) is 2.35. The van der Waals surface area contributed by atoms with Crippen molar-refractivity contribution < 1.29 is 4.39 Å². The van der Waals surface area contributed by atoms with Gasteiger partial charge in [-0.1, -0.05) is 29.8 Å². The Morgan fingerprint density at radius 1 is 1.38 bits per heavy atom. The average Bonchev–Trinajstić information content (AvgIpc) is 2.48. The minimum atomic E-state index is -0.460. The second-order valence-electron chi connectivity index (χ2n) is 4.70. The van der Waals surface area contributed by atoms with E-state index in [4.69, 9.17) is 11.6 Å². The van der Waals surface area contributed by atoms with Gasteiger partial charge in [0.2, 0.25) is 5.95 Å². The molecule has 1 aromatic carbocycles. The summed E-state index contributed by atoms with van der Waals surface area (Å²) in [6.07, 6.45) is 1.18. The molecule has 2 aromatic rings. The molecule has 1 unspecified atom stereocenters. The molecule has 1 aromatic heterocycles. The quantitative estimate of drug-likeness (QED) is 0.909. The van der Waals surface area contributed by atoms with Crippen molar-refractivity contribution in [2.45, 2.75) is 19.9 Å². The lowest BCUT2D eigenvalue weighted by Crippen LogP contribution is -2.24. The lowest BCUT2D eigenvalue weighted by molar-refractivity contribution is 0.596. The molecular formula is C15H18ClFN4. The summed E-state index contributed by atoms with van der Waals surface area (Å²) in [5, 5.41) is 3.63. The number of halogens is 2. The zero-order valence-electron chi connectivity index (χ0n) is 12.3. The predicted molar refractivity (Wildman–Crippen MR) is 84.4 cm³/mol. The van der Waals surface area contributed by atoms with E-state index in [2.05, 4.69) is 15.3 Å². The van der Waals surface area contributed by atoms with Crippen molar-refractivity contribution in [2.24, 2.45) is 0 Å². The van der Waals surface area contributed by atoms with Crippen LogP contribution in [-0.2, 0) is 0 Å². The smallest absolute Gasteiger partial charge is 0.224 e. The third-order valence-electron chi connectivity index (χ3n) is 3.33. The van der Waals surface area contributed by atoms with Gasteiger partial charge >= 0.3 is 0 Å². The van der Waals surface area contributed by atoms with E-state index in [-0.39, 0.29) is 11.9 Å². The molecule has 0 radical (unpaired) electrons. The van der Waals surface area contributed by atoms with E-state index in [1.54, 1.807) is 11.9 Å². The van der Waals surface area contributed by atoms with Crippen molar-refractivity contribution >= 4 is 23.4 Å². The first-order chi connectivity index (χ1) is 10.0. The van der Waals surface area contributed by atoms with Crippen LogP contribution in [0, 0.1) is 5.82 Å². The largest absolute Gasteiger partial charge is 0.354 e. The normalized spacial score (nSPS) is 12.0. The second kappa shape index (κ2) is 6.72. The number of nitrogens with one attached hydrogen (secondary N) is 1. The molecule has 4 nitrogen and oxygen atoms in total. The Kier molecular flexibility index (Phi) is 4.96. The summed E-state index contributed by atoms with van der Waals surface area (Å²) in [6, 6.07) is 7.41. The van der Waals surface area contributed by atoms with Gasteiger partial charge in [-0.05, 0) is 25.5 Å². The van der Waals surface area contributed by atoms with E-state index in [1.807, 2.05) is 38.1 Å². The van der Waals surface area contributed by atoms with Crippen LogP contribution in [0.1, 0.15) is 25.5 Å². The minimum absolute atomic E-state index is 0.113. The maximum absolute atomic E-state index is 14.0. The number of benzene rings is 1. The summed E-state index contributed by atoms with van der Waals surface area (Å²) >= 11 is 6.21. The molecule has 1 atom stereocenters. The molecule has 0 aliphatic carbocycles. The molecule has 0 fully saturated rings. The van der Waals surface area contributed by atoms with Gasteiger partial charge in [-0.25, -0.2) is 9.37 Å². The standard InChI is InChI=1S/C15H18ClFN4/c1-4-18-15-19-9-13(17)14(20-15)21(3)10(2)11-7-5-6-8-12(11)16/h5-10H,4H2,1-3H3,(H,18,19,20). The highest BCUT2D eigenvalue weighted by atomic mass is 35.5. The van der Waals surface area contributed by atoms with Gasteiger partial charge in [0, 0.05) is 18.6 Å². The van der Waals surface area contributed by atoms with Crippen LogP contribution >= 0.6 is 11.6 Å². The number of hydrogen-bond acceptors (Lipinski definition) is 4. The molecule has 21 heavy (non-hydrogen) atoms. The van der Waals surface area contributed by atoms with Crippen molar-refractivity contribution in [3.05, 3.63) is 46.9 Å². The van der Waals surface area contributed by atoms with Crippen molar-refractivity contribution in [1.82, 2.24) is 9.97 Å². The SMILES string of the molecule is CCNc1ncc(F)c(N(C)C(C)c2ccccc2Cl)n1. The molecule has 0 spiro atoms. The Morgan fingerprint density at radius 2 is 2.10 bits per heavy atom. The molecule has 1 heterocycles. The maximum atomic E-state index is 14.0. The Balaban J connectivity index is 2.33. The van der Waals surface area contributed by atoms with Gasteiger partial charge in [-0.2, -0.15) is 4.98 Å². The topological polar surface area (TPSA) is 41.1 Å². The van der Waals surface area contributed by atoms with Crippen LogP contribution in [0.25, 0.3) is 0 Å². The van der Waals surface area contributed by atoms with Crippen molar-refractivity contribution in [1.29, 1.82) is 0 Å². The third kappa shape index (κ3) is 3.42. The Hall–Kier alpha value is -1.88. The molecule has 0 bridgehead atoms. The van der Waals surface area contributed by atoms with Crippen molar-refractivity contribution in [3.63, 3.8) is 0 Å². The van der Waals surface area contributed by atoms with Gasteiger partial charge in [0.15, 0.2) is 11.6 Å². The summed E-state index contributed by atoms with van der Waals surface area (Å²) in [5.74, 6) is 0.193. The van der Waals surface area contributed by atoms with Gasteiger partial charge in [-0.3, -0.25) is 0 Å². The van der Waals surface area contributed by atoms with Gasteiger partial charge in [0.25, 0.3) is 0 Å². The predicted octanol–water partition coefficient (Wildman–Crippen LogP) is 3.90. The first-order valence-electron chi connectivity index (χ1n) is 6.78. The average molecular weight is 309 g/mol. The Morgan fingerprint density at radius 3 is 2.76 bits per heavy atom. The Labute approximate surface area is 129 Å². The maximum Gasteiger partial charge on any atom is 0.224 e. The van der Waals surface area contributed by atoms with Crippen LogP contribution < -0.4 is 10.2 Å². The van der Waals surface area contributed by atoms with Gasteiger partial charge < -0.3 is 10.2 Å². The van der Waals surface area contributed by atoms with Crippen LogP contribution in [-0.4, -0.2) is 23.6 Å². The van der Waals surface area contributed by atoms with E-state index in [1.165, 1.54) is 6.20 Å². The Bertz CT molecular complexity index is 620. The molecule has 0 saturated carbocycles. The van der Waals surface area contributed by atoms with Gasteiger partial charge in [-0.15, -0.1) is 0 Å². The van der Waals surface area contributed by atoms with E-state index in [9.17, 15) is 4.39 Å². The number of hydrogen-bond donors (Lipinski definition) is 1. The minimum Gasteiger partial charge on any atom is -0.354 e. The van der Waals surface area contributed by atoms with Crippen molar-refractivity contribution in [3.8, 4) is 0 Å². The van der Waals surface area contributed by atoms with Crippen LogP contribution in [0.4, 0.5) is 16.2 Å². The summed E-state index contributed by atoms with van der Waals surface area (Å²) in [7, 11) is 1.79. The number of aromatic nitrogens is 2. The first-order valence-corrected chi connectivity index (χ1v) is 7.16. The number of anilines is 2. The molecule has 0 saturated heterocycles. The number of nitrogens with zero attached hydrogens (tertiary/aromatic N) is 3. The second-order valence-corrected chi connectivity index (χ2v) is 5.11. The fourth-order valence-electron chi connectivity index (χ4n) is 2.05. The third-order valence-corrected chi connectivity index (χ3v) is 3.68.